The van der Waals surface area contributed by atoms with Crippen LogP contribution in [-0.2, 0) is 7.05 Å². The van der Waals surface area contributed by atoms with Gasteiger partial charge >= 0.3 is 0 Å². The third-order valence-electron chi connectivity index (χ3n) is 2.56. The van der Waals surface area contributed by atoms with E-state index in [4.69, 9.17) is 0 Å². The second-order valence-corrected chi connectivity index (χ2v) is 4.93. The molecule has 0 aliphatic rings. The van der Waals surface area contributed by atoms with Gasteiger partial charge in [-0.05, 0) is 22.0 Å². The number of rotatable bonds is 2. The van der Waals surface area contributed by atoms with Crippen molar-refractivity contribution in [3.63, 3.8) is 0 Å². The summed E-state index contributed by atoms with van der Waals surface area (Å²) in [6.45, 7) is 0. The average Bonchev–Trinajstić information content (AvgIpc) is 2.75. The molecule has 0 saturated carbocycles. The number of carbonyl (C=O) groups excluding carboxylic acids is 2. The maximum absolute atomic E-state index is 11.8. The van der Waals surface area contributed by atoms with E-state index < -0.39 is 11.8 Å². The number of pyridine rings is 1. The van der Waals surface area contributed by atoms with Gasteiger partial charge in [-0.25, -0.2) is 0 Å². The van der Waals surface area contributed by atoms with Crippen molar-refractivity contribution in [2.45, 2.75) is 0 Å². The van der Waals surface area contributed by atoms with Gasteiger partial charge in [0.1, 0.15) is 5.69 Å². The zero-order valence-electron chi connectivity index (χ0n) is 10.5. The molecule has 7 nitrogen and oxygen atoms in total. The van der Waals surface area contributed by atoms with Crippen LogP contribution in [0.25, 0.3) is 0 Å². The van der Waals surface area contributed by atoms with Crippen molar-refractivity contribution in [1.29, 1.82) is 0 Å². The number of halogens is 1. The Kier molecular flexibility index (Phi) is 4.04. The van der Waals surface area contributed by atoms with E-state index in [1.807, 2.05) is 0 Å². The molecule has 0 atom stereocenters. The molecule has 2 N–H and O–H groups in total. The second kappa shape index (κ2) is 5.74. The molecule has 2 rings (SSSR count). The third kappa shape index (κ3) is 3.15. The summed E-state index contributed by atoms with van der Waals surface area (Å²) in [7, 11) is 1.71. The Morgan fingerprint density at radius 3 is 2.40 bits per heavy atom. The molecule has 0 fully saturated rings. The summed E-state index contributed by atoms with van der Waals surface area (Å²) in [5, 5.41) is 10.8. The van der Waals surface area contributed by atoms with Gasteiger partial charge in [0.15, 0.2) is 12.4 Å². The van der Waals surface area contributed by atoms with Crippen molar-refractivity contribution >= 4 is 27.7 Å². The standard InChI is InChI=1S/C12H11BrN4O3/c1-16-7-9(13)6-10(16)12(19)15-14-11(18)8-2-4-17(20)5-3-8/h2-7H,1H3,(H,14,18)(H,15,19). The lowest BCUT2D eigenvalue weighted by molar-refractivity contribution is -0.605. The van der Waals surface area contributed by atoms with Gasteiger partial charge in [0.25, 0.3) is 11.8 Å². The first-order valence-corrected chi connectivity index (χ1v) is 6.38. The zero-order chi connectivity index (χ0) is 14.7. The molecule has 0 unspecified atom stereocenters. The van der Waals surface area contributed by atoms with Crippen LogP contribution < -0.4 is 15.6 Å². The molecule has 0 bridgehead atoms. The van der Waals surface area contributed by atoms with Gasteiger partial charge in [-0.2, -0.15) is 4.73 Å². The van der Waals surface area contributed by atoms with E-state index >= 15 is 0 Å². The Morgan fingerprint density at radius 2 is 1.85 bits per heavy atom. The molecule has 2 amide bonds. The summed E-state index contributed by atoms with van der Waals surface area (Å²) >= 11 is 3.25. The molecule has 0 aromatic carbocycles. The van der Waals surface area contributed by atoms with E-state index in [2.05, 4.69) is 26.8 Å². The molecule has 2 heterocycles. The number of amides is 2. The molecular formula is C12H11BrN4O3. The number of nitrogens with zero attached hydrogens (tertiary/aromatic N) is 2. The monoisotopic (exact) mass is 338 g/mol. The SMILES string of the molecule is Cn1cc(Br)cc1C(=O)NNC(=O)c1cc[n+]([O-])cc1. The topological polar surface area (TPSA) is 90.1 Å². The fourth-order valence-electron chi connectivity index (χ4n) is 1.56. The van der Waals surface area contributed by atoms with Crippen LogP contribution in [0, 0.1) is 5.21 Å². The van der Waals surface area contributed by atoms with E-state index in [-0.39, 0.29) is 5.56 Å². The maximum atomic E-state index is 11.8. The molecule has 0 spiro atoms. The fraction of sp³-hybridized carbons (Fsp3) is 0.0833. The Balaban J connectivity index is 1.98. The Morgan fingerprint density at radius 1 is 1.25 bits per heavy atom. The van der Waals surface area contributed by atoms with E-state index in [1.54, 1.807) is 23.9 Å². The number of aromatic nitrogens is 2. The Bertz CT molecular complexity index is 651. The van der Waals surface area contributed by atoms with Crippen LogP contribution in [0.5, 0.6) is 0 Å². The van der Waals surface area contributed by atoms with Gasteiger partial charge in [0, 0.05) is 29.8 Å². The van der Waals surface area contributed by atoms with Gasteiger partial charge in [-0.3, -0.25) is 20.4 Å². The van der Waals surface area contributed by atoms with Gasteiger partial charge in [0.2, 0.25) is 0 Å². The summed E-state index contributed by atoms with van der Waals surface area (Å²) in [4.78, 5) is 23.6. The highest BCUT2D eigenvalue weighted by Gasteiger charge is 2.13. The number of hydrazine groups is 1. The summed E-state index contributed by atoms with van der Waals surface area (Å²) in [5.74, 6) is -0.950. The molecule has 20 heavy (non-hydrogen) atoms. The predicted octanol–water partition coefficient (Wildman–Crippen LogP) is 0.496. The summed E-state index contributed by atoms with van der Waals surface area (Å²) in [6.07, 6.45) is 4.12. The molecule has 0 saturated heterocycles. The molecule has 0 radical (unpaired) electrons. The van der Waals surface area contributed by atoms with Crippen LogP contribution in [-0.4, -0.2) is 16.4 Å². The first-order valence-electron chi connectivity index (χ1n) is 5.59. The number of aryl methyl sites for hydroxylation is 1. The van der Waals surface area contributed by atoms with Gasteiger partial charge in [-0.1, -0.05) is 0 Å². The molecular weight excluding hydrogens is 328 g/mol. The lowest BCUT2D eigenvalue weighted by Gasteiger charge is -2.07. The average molecular weight is 339 g/mol. The van der Waals surface area contributed by atoms with Crippen molar-refractivity contribution in [3.05, 3.63) is 57.7 Å². The maximum Gasteiger partial charge on any atom is 0.286 e. The minimum atomic E-state index is -0.507. The van der Waals surface area contributed by atoms with Crippen molar-refractivity contribution in [3.8, 4) is 0 Å². The van der Waals surface area contributed by atoms with Crippen LogP contribution in [0.3, 0.4) is 0 Å². The molecule has 0 aliphatic heterocycles. The summed E-state index contributed by atoms with van der Waals surface area (Å²) < 4.78 is 2.95. The molecule has 0 aliphatic carbocycles. The van der Waals surface area contributed by atoms with Gasteiger partial charge < -0.3 is 9.77 Å². The lowest BCUT2D eigenvalue weighted by Crippen LogP contribution is -2.42. The molecule has 2 aromatic heterocycles. The van der Waals surface area contributed by atoms with E-state index in [1.165, 1.54) is 24.5 Å². The van der Waals surface area contributed by atoms with Crippen molar-refractivity contribution in [2.75, 3.05) is 0 Å². The number of hydrogen-bond donors (Lipinski definition) is 2. The molecule has 104 valence electrons. The van der Waals surface area contributed by atoms with Crippen LogP contribution in [0.4, 0.5) is 0 Å². The smallest absolute Gasteiger partial charge is 0.286 e. The van der Waals surface area contributed by atoms with Crippen molar-refractivity contribution in [2.24, 2.45) is 7.05 Å². The van der Waals surface area contributed by atoms with E-state index in [9.17, 15) is 14.8 Å². The third-order valence-corrected chi connectivity index (χ3v) is 2.99. The van der Waals surface area contributed by atoms with Crippen LogP contribution in [0.1, 0.15) is 20.8 Å². The first kappa shape index (κ1) is 14.1. The van der Waals surface area contributed by atoms with E-state index in [0.717, 1.165) is 4.47 Å². The first-order chi connectivity index (χ1) is 9.47. The van der Waals surface area contributed by atoms with Gasteiger partial charge in [-0.15, -0.1) is 0 Å². The second-order valence-electron chi connectivity index (χ2n) is 4.01. The fourth-order valence-corrected chi connectivity index (χ4v) is 2.09. The van der Waals surface area contributed by atoms with Crippen LogP contribution in [0.2, 0.25) is 0 Å². The van der Waals surface area contributed by atoms with Crippen LogP contribution in [0.15, 0.2) is 41.3 Å². The number of carbonyl (C=O) groups is 2. The Hall–Kier alpha value is -2.35. The predicted molar refractivity (Wildman–Crippen MR) is 73.4 cm³/mol. The van der Waals surface area contributed by atoms with Crippen molar-refractivity contribution < 1.29 is 14.3 Å². The zero-order valence-corrected chi connectivity index (χ0v) is 12.0. The molecule has 2 aromatic rings. The highest BCUT2D eigenvalue weighted by atomic mass is 79.9. The number of hydrogen-bond acceptors (Lipinski definition) is 3. The van der Waals surface area contributed by atoms with Crippen LogP contribution >= 0.6 is 15.9 Å². The highest BCUT2D eigenvalue weighted by molar-refractivity contribution is 9.10. The Labute approximate surface area is 122 Å². The van der Waals surface area contributed by atoms with Crippen molar-refractivity contribution in [1.82, 2.24) is 15.4 Å². The summed E-state index contributed by atoms with van der Waals surface area (Å²) in [6, 6.07) is 4.34. The van der Waals surface area contributed by atoms with Gasteiger partial charge in [0.05, 0.1) is 5.56 Å². The number of nitrogens with one attached hydrogen (secondary N) is 2. The van der Waals surface area contributed by atoms with E-state index in [0.29, 0.717) is 10.4 Å². The lowest BCUT2D eigenvalue weighted by atomic mass is 10.2. The summed E-state index contributed by atoms with van der Waals surface area (Å²) in [5.41, 5.74) is 5.24. The highest BCUT2D eigenvalue weighted by Crippen LogP contribution is 2.13. The minimum Gasteiger partial charge on any atom is -0.619 e. The largest absolute Gasteiger partial charge is 0.619 e. The normalized spacial score (nSPS) is 10.1. The molecule has 8 heteroatoms. The minimum absolute atomic E-state index is 0.269. The quantitative estimate of drug-likeness (QED) is 0.474.